The van der Waals surface area contributed by atoms with Crippen molar-refractivity contribution in [3.63, 3.8) is 0 Å². The Balaban J connectivity index is 2.08. The van der Waals surface area contributed by atoms with Gasteiger partial charge in [-0.25, -0.2) is 0 Å². The van der Waals surface area contributed by atoms with Gasteiger partial charge in [-0.3, -0.25) is 14.4 Å². The number of amides is 3. The molecule has 1 N–H and O–H groups in total. The van der Waals surface area contributed by atoms with Crippen molar-refractivity contribution in [3.8, 4) is 0 Å². The Labute approximate surface area is 216 Å². The predicted octanol–water partition coefficient (Wildman–Crippen LogP) is 2.62. The van der Waals surface area contributed by atoms with E-state index < -0.39 is 29.5 Å². The first-order valence-electron chi connectivity index (χ1n) is 13.6. The van der Waals surface area contributed by atoms with Crippen LogP contribution >= 0.6 is 0 Å². The summed E-state index contributed by atoms with van der Waals surface area (Å²) in [4.78, 5) is 47.3. The van der Waals surface area contributed by atoms with Gasteiger partial charge in [0.2, 0.25) is 17.7 Å². The fourth-order valence-electron chi connectivity index (χ4n) is 6.53. The zero-order valence-electron chi connectivity index (χ0n) is 22.5. The minimum atomic E-state index is -1.06. The molecule has 3 fully saturated rings. The standard InChI is InChI=1S/C28H45N3O5/c1-7-11-17-30(16-10-4)27(35)24-28-13-12-21(36-28)22(25(33)29(14-8-2)15-9-3)23(28)26(34)31(24)20(18-32)19(5)6/h8,10,19-24,32H,2,4,7,9,11-18H2,1,3,5-6H3/t20-,21-,22+,23-,24?,28?/m0/s1. The number of hydrogen-bond donors (Lipinski definition) is 1. The van der Waals surface area contributed by atoms with Gasteiger partial charge >= 0.3 is 0 Å². The highest BCUT2D eigenvalue weighted by Crippen LogP contribution is 2.59. The van der Waals surface area contributed by atoms with Crippen LogP contribution in [0.2, 0.25) is 0 Å². The van der Waals surface area contributed by atoms with Crippen LogP contribution in [-0.2, 0) is 19.1 Å². The highest BCUT2D eigenvalue weighted by molar-refractivity contribution is 5.99. The van der Waals surface area contributed by atoms with Gasteiger partial charge in [0.1, 0.15) is 11.6 Å². The van der Waals surface area contributed by atoms with E-state index in [0.29, 0.717) is 39.0 Å². The molecule has 3 saturated heterocycles. The zero-order chi connectivity index (χ0) is 26.6. The quantitative estimate of drug-likeness (QED) is 0.368. The average Bonchev–Trinajstić information content (AvgIpc) is 3.49. The summed E-state index contributed by atoms with van der Waals surface area (Å²) in [5.74, 6) is -1.96. The molecule has 3 aliphatic heterocycles. The number of aliphatic hydroxyl groups is 1. The highest BCUT2D eigenvalue weighted by Gasteiger charge is 2.75. The van der Waals surface area contributed by atoms with E-state index in [1.54, 1.807) is 26.9 Å². The van der Waals surface area contributed by atoms with Crippen molar-refractivity contribution in [1.82, 2.24) is 14.7 Å². The van der Waals surface area contributed by atoms with Gasteiger partial charge in [-0.1, -0.05) is 46.3 Å². The molecule has 3 amide bonds. The van der Waals surface area contributed by atoms with Crippen molar-refractivity contribution >= 4 is 17.7 Å². The number of likely N-dealkylation sites (tertiary alicyclic amines) is 1. The van der Waals surface area contributed by atoms with Gasteiger partial charge in [-0.15, -0.1) is 13.2 Å². The van der Waals surface area contributed by atoms with E-state index in [-0.39, 0.29) is 36.4 Å². The summed E-state index contributed by atoms with van der Waals surface area (Å²) in [6.07, 6.45) is 6.76. The Kier molecular flexibility index (Phi) is 9.39. The molecular formula is C28H45N3O5. The molecule has 8 heteroatoms. The van der Waals surface area contributed by atoms with E-state index in [1.807, 2.05) is 20.8 Å². The lowest BCUT2D eigenvalue weighted by molar-refractivity contribution is -0.152. The van der Waals surface area contributed by atoms with Gasteiger partial charge in [0.25, 0.3) is 0 Å². The molecule has 0 saturated carbocycles. The lowest BCUT2D eigenvalue weighted by Crippen LogP contribution is -2.59. The van der Waals surface area contributed by atoms with E-state index in [0.717, 1.165) is 19.3 Å². The summed E-state index contributed by atoms with van der Waals surface area (Å²) in [6.45, 7) is 17.2. The number of rotatable bonds is 14. The number of unbranched alkanes of at least 4 members (excludes halogenated alkanes) is 1. The maximum Gasteiger partial charge on any atom is 0.248 e. The summed E-state index contributed by atoms with van der Waals surface area (Å²) in [7, 11) is 0. The Morgan fingerprint density at radius 1 is 1.14 bits per heavy atom. The summed E-state index contributed by atoms with van der Waals surface area (Å²) in [5, 5.41) is 10.3. The normalized spacial score (nSPS) is 29.4. The van der Waals surface area contributed by atoms with Crippen LogP contribution in [0.15, 0.2) is 25.3 Å². The van der Waals surface area contributed by atoms with Crippen LogP contribution in [0.4, 0.5) is 0 Å². The van der Waals surface area contributed by atoms with E-state index in [9.17, 15) is 19.5 Å². The van der Waals surface area contributed by atoms with Gasteiger partial charge in [0.15, 0.2) is 0 Å². The second-order valence-electron chi connectivity index (χ2n) is 10.8. The molecule has 6 atom stereocenters. The third kappa shape index (κ3) is 4.74. The fraction of sp³-hybridized carbons (Fsp3) is 0.750. The molecule has 2 unspecified atom stereocenters. The molecule has 0 aliphatic carbocycles. The summed E-state index contributed by atoms with van der Waals surface area (Å²) >= 11 is 0. The number of ether oxygens (including phenoxy) is 1. The van der Waals surface area contributed by atoms with Crippen molar-refractivity contribution < 1.29 is 24.2 Å². The third-order valence-corrected chi connectivity index (χ3v) is 8.17. The van der Waals surface area contributed by atoms with Crippen molar-refractivity contribution in [2.45, 2.75) is 83.6 Å². The van der Waals surface area contributed by atoms with Crippen molar-refractivity contribution in [3.05, 3.63) is 25.3 Å². The average molecular weight is 504 g/mol. The first kappa shape index (κ1) is 28.4. The van der Waals surface area contributed by atoms with Crippen LogP contribution in [0, 0.1) is 17.8 Å². The minimum absolute atomic E-state index is 0.0725. The molecule has 0 radical (unpaired) electrons. The van der Waals surface area contributed by atoms with Crippen LogP contribution in [-0.4, -0.2) is 94.1 Å². The lowest BCUT2D eigenvalue weighted by atomic mass is 9.70. The SMILES string of the molecule is C=CCN(CCCC)C(=O)C1N([C@@H](CO)C(C)C)C(=O)[C@@H]2[C@H](C(=O)N(CC=C)CCC)[C@@H]3CCC12O3. The van der Waals surface area contributed by atoms with Crippen LogP contribution in [0.5, 0.6) is 0 Å². The smallest absolute Gasteiger partial charge is 0.248 e. The summed E-state index contributed by atoms with van der Waals surface area (Å²) in [5.41, 5.74) is -1.06. The Hall–Kier alpha value is -2.19. The maximum atomic E-state index is 14.2. The second-order valence-corrected chi connectivity index (χ2v) is 10.8. The largest absolute Gasteiger partial charge is 0.394 e. The van der Waals surface area contributed by atoms with Crippen molar-refractivity contribution in [2.75, 3.05) is 32.8 Å². The second kappa shape index (κ2) is 11.9. The molecule has 3 rings (SSSR count). The zero-order valence-corrected chi connectivity index (χ0v) is 22.5. The molecule has 1 spiro atoms. The number of carbonyl (C=O) groups excluding carboxylic acids is 3. The van der Waals surface area contributed by atoms with Crippen LogP contribution < -0.4 is 0 Å². The number of aliphatic hydroxyl groups excluding tert-OH is 1. The maximum absolute atomic E-state index is 14.2. The molecule has 0 aromatic carbocycles. The lowest BCUT2D eigenvalue weighted by Gasteiger charge is -2.40. The van der Waals surface area contributed by atoms with Gasteiger partial charge in [0, 0.05) is 26.2 Å². The highest BCUT2D eigenvalue weighted by atomic mass is 16.5. The van der Waals surface area contributed by atoms with Gasteiger partial charge in [0.05, 0.1) is 30.6 Å². The predicted molar refractivity (Wildman–Crippen MR) is 139 cm³/mol. The van der Waals surface area contributed by atoms with E-state index in [1.165, 1.54) is 0 Å². The Morgan fingerprint density at radius 2 is 1.78 bits per heavy atom. The topological polar surface area (TPSA) is 90.4 Å². The molecule has 202 valence electrons. The Morgan fingerprint density at radius 3 is 2.31 bits per heavy atom. The van der Waals surface area contributed by atoms with Gasteiger partial charge in [-0.2, -0.15) is 0 Å². The monoisotopic (exact) mass is 503 g/mol. The van der Waals surface area contributed by atoms with E-state index >= 15 is 0 Å². The number of nitrogens with zero attached hydrogens (tertiary/aromatic N) is 3. The van der Waals surface area contributed by atoms with Crippen LogP contribution in [0.25, 0.3) is 0 Å². The van der Waals surface area contributed by atoms with Gasteiger partial charge in [-0.05, 0) is 31.6 Å². The first-order valence-corrected chi connectivity index (χ1v) is 13.6. The van der Waals surface area contributed by atoms with Crippen molar-refractivity contribution in [1.29, 1.82) is 0 Å². The minimum Gasteiger partial charge on any atom is -0.394 e. The first-order chi connectivity index (χ1) is 17.2. The van der Waals surface area contributed by atoms with Gasteiger partial charge < -0.3 is 24.5 Å². The van der Waals surface area contributed by atoms with Crippen LogP contribution in [0.1, 0.15) is 59.8 Å². The number of fused-ring (bicyclic) bond motifs is 1. The molecule has 3 heterocycles. The fourth-order valence-corrected chi connectivity index (χ4v) is 6.53. The van der Waals surface area contributed by atoms with Crippen molar-refractivity contribution in [2.24, 2.45) is 17.8 Å². The summed E-state index contributed by atoms with van der Waals surface area (Å²) < 4.78 is 6.57. The molecule has 36 heavy (non-hydrogen) atoms. The summed E-state index contributed by atoms with van der Waals surface area (Å²) in [6, 6.07) is -1.41. The third-order valence-electron chi connectivity index (χ3n) is 8.17. The van der Waals surface area contributed by atoms with E-state index in [2.05, 4.69) is 20.1 Å². The molecule has 2 bridgehead atoms. The number of carbonyl (C=O) groups is 3. The Bertz CT molecular complexity index is 845. The molecule has 3 aliphatic rings. The molecule has 8 nitrogen and oxygen atoms in total. The molecule has 0 aromatic rings. The van der Waals surface area contributed by atoms with E-state index in [4.69, 9.17) is 4.74 Å². The number of hydrogen-bond acceptors (Lipinski definition) is 5. The van der Waals surface area contributed by atoms with Crippen LogP contribution in [0.3, 0.4) is 0 Å². The molecular weight excluding hydrogens is 458 g/mol. The molecule has 0 aromatic heterocycles.